The van der Waals surface area contributed by atoms with Gasteiger partial charge in [0, 0.05) is 26.2 Å². The van der Waals surface area contributed by atoms with Gasteiger partial charge in [0.15, 0.2) is 6.35 Å². The second-order valence-electron chi connectivity index (χ2n) is 2.20. The van der Waals surface area contributed by atoms with E-state index >= 15 is 0 Å². The Kier molecular flexibility index (Phi) is 2.41. The van der Waals surface area contributed by atoms with Crippen LogP contribution >= 0.6 is 0 Å². The van der Waals surface area contributed by atoms with Gasteiger partial charge in [-0.3, -0.25) is 10.6 Å². The number of rotatable bonds is 1. The number of hydrogen-bond acceptors (Lipinski definition) is 4. The molecule has 1 aliphatic heterocycles. The summed E-state index contributed by atoms with van der Waals surface area (Å²) in [5.74, 6) is 0. The largest absolute Gasteiger partial charge is 0.365 e. The van der Waals surface area contributed by atoms with E-state index in [2.05, 4.69) is 5.32 Å². The molecule has 0 aromatic carbocycles. The maximum Gasteiger partial charge on any atom is 0.160 e. The molecule has 4 nitrogen and oxygen atoms in total. The summed E-state index contributed by atoms with van der Waals surface area (Å²) < 4.78 is 0. The minimum atomic E-state index is -0.771. The van der Waals surface area contributed by atoms with Crippen LogP contribution in [0.2, 0.25) is 0 Å². The highest BCUT2D eigenvalue weighted by atomic mass is 16.3. The molecule has 1 atom stereocenters. The number of aliphatic hydroxyl groups is 1. The van der Waals surface area contributed by atoms with Crippen molar-refractivity contribution in [1.82, 2.24) is 10.2 Å². The Labute approximate surface area is 54.6 Å². The van der Waals surface area contributed by atoms with E-state index in [0.29, 0.717) is 0 Å². The predicted octanol–water partition coefficient (Wildman–Crippen LogP) is -1.87. The van der Waals surface area contributed by atoms with E-state index in [1.54, 1.807) is 0 Å². The third-order valence-corrected chi connectivity index (χ3v) is 1.53. The molecule has 0 radical (unpaired) electrons. The molecule has 0 saturated carbocycles. The normalized spacial score (nSPS) is 26.0. The lowest BCUT2D eigenvalue weighted by Crippen LogP contribution is -2.51. The SMILES string of the molecule is NC(O)N1CCNCC1. The summed E-state index contributed by atoms with van der Waals surface area (Å²) in [6, 6.07) is 0. The maximum absolute atomic E-state index is 8.85. The molecular weight excluding hydrogens is 118 g/mol. The van der Waals surface area contributed by atoms with Crippen LogP contribution in [0.5, 0.6) is 0 Å². The average Bonchev–Trinajstić information content (AvgIpc) is 1.90. The summed E-state index contributed by atoms with van der Waals surface area (Å²) in [6.07, 6.45) is -0.771. The maximum atomic E-state index is 8.85. The molecule has 9 heavy (non-hydrogen) atoms. The standard InChI is InChI=1S/C5H13N3O/c6-5(9)8-3-1-7-2-4-8/h5,7,9H,1-4,6H2. The summed E-state index contributed by atoms with van der Waals surface area (Å²) in [7, 11) is 0. The third-order valence-electron chi connectivity index (χ3n) is 1.53. The molecule has 0 aromatic rings. The molecule has 1 heterocycles. The van der Waals surface area contributed by atoms with E-state index in [4.69, 9.17) is 10.8 Å². The monoisotopic (exact) mass is 131 g/mol. The minimum absolute atomic E-state index is 0.771. The van der Waals surface area contributed by atoms with Crippen LogP contribution in [0, 0.1) is 0 Å². The lowest BCUT2D eigenvalue weighted by molar-refractivity contribution is 0.00179. The van der Waals surface area contributed by atoms with Gasteiger partial charge in [0.05, 0.1) is 0 Å². The molecule has 1 unspecified atom stereocenters. The number of piperazine rings is 1. The van der Waals surface area contributed by atoms with Crippen LogP contribution < -0.4 is 11.1 Å². The second kappa shape index (κ2) is 3.12. The molecule has 1 aliphatic rings. The number of hydrogen-bond donors (Lipinski definition) is 3. The summed E-state index contributed by atoms with van der Waals surface area (Å²) in [5.41, 5.74) is 5.22. The van der Waals surface area contributed by atoms with Crippen LogP contribution in [-0.4, -0.2) is 42.5 Å². The lowest BCUT2D eigenvalue weighted by atomic mass is 10.4. The predicted molar refractivity (Wildman–Crippen MR) is 34.6 cm³/mol. The van der Waals surface area contributed by atoms with Crippen LogP contribution in [0.25, 0.3) is 0 Å². The molecule has 0 bridgehead atoms. The van der Waals surface area contributed by atoms with Gasteiger partial charge < -0.3 is 10.4 Å². The van der Waals surface area contributed by atoms with E-state index in [-0.39, 0.29) is 0 Å². The molecule has 0 spiro atoms. The van der Waals surface area contributed by atoms with E-state index < -0.39 is 6.35 Å². The highest BCUT2D eigenvalue weighted by Gasteiger charge is 2.12. The van der Waals surface area contributed by atoms with Crippen molar-refractivity contribution in [3.8, 4) is 0 Å². The molecular formula is C5H13N3O. The zero-order valence-electron chi connectivity index (χ0n) is 5.38. The van der Waals surface area contributed by atoms with Crippen molar-refractivity contribution < 1.29 is 5.11 Å². The molecule has 54 valence electrons. The lowest BCUT2D eigenvalue weighted by Gasteiger charge is -2.28. The van der Waals surface area contributed by atoms with Gasteiger partial charge in [-0.05, 0) is 0 Å². The topological polar surface area (TPSA) is 61.5 Å². The fourth-order valence-electron chi connectivity index (χ4n) is 0.947. The third kappa shape index (κ3) is 1.91. The summed E-state index contributed by atoms with van der Waals surface area (Å²) >= 11 is 0. The van der Waals surface area contributed by atoms with Gasteiger partial charge in [0.2, 0.25) is 0 Å². The van der Waals surface area contributed by atoms with E-state index in [1.807, 2.05) is 4.90 Å². The Hall–Kier alpha value is -0.160. The van der Waals surface area contributed by atoms with Crippen molar-refractivity contribution in [2.75, 3.05) is 26.2 Å². The summed E-state index contributed by atoms with van der Waals surface area (Å²) in [5, 5.41) is 12.0. The molecule has 0 aliphatic carbocycles. The van der Waals surface area contributed by atoms with Gasteiger partial charge >= 0.3 is 0 Å². The summed E-state index contributed by atoms with van der Waals surface area (Å²) in [6.45, 7) is 3.54. The molecule has 0 amide bonds. The number of nitrogens with two attached hydrogens (primary N) is 1. The highest BCUT2D eigenvalue weighted by molar-refractivity contribution is 4.66. The molecule has 1 fully saturated rings. The first-order chi connectivity index (χ1) is 4.30. The number of nitrogens with one attached hydrogen (secondary N) is 1. The van der Waals surface area contributed by atoms with Crippen LogP contribution in [-0.2, 0) is 0 Å². The Morgan fingerprint density at radius 2 is 2.00 bits per heavy atom. The van der Waals surface area contributed by atoms with Crippen molar-refractivity contribution in [3.63, 3.8) is 0 Å². The van der Waals surface area contributed by atoms with Gasteiger partial charge in [-0.25, -0.2) is 0 Å². The molecule has 4 N–H and O–H groups in total. The number of aliphatic hydroxyl groups excluding tert-OH is 1. The zero-order valence-corrected chi connectivity index (χ0v) is 5.38. The van der Waals surface area contributed by atoms with Crippen LogP contribution in [0.3, 0.4) is 0 Å². The van der Waals surface area contributed by atoms with Crippen LogP contribution in [0.15, 0.2) is 0 Å². The van der Waals surface area contributed by atoms with Crippen molar-refractivity contribution in [3.05, 3.63) is 0 Å². The smallest absolute Gasteiger partial charge is 0.160 e. The minimum Gasteiger partial charge on any atom is -0.365 e. The number of nitrogens with zero attached hydrogens (tertiary/aromatic N) is 1. The van der Waals surface area contributed by atoms with Crippen LogP contribution in [0.1, 0.15) is 0 Å². The van der Waals surface area contributed by atoms with Gasteiger partial charge in [0.25, 0.3) is 0 Å². The first kappa shape index (κ1) is 6.95. The van der Waals surface area contributed by atoms with E-state index in [9.17, 15) is 0 Å². The Morgan fingerprint density at radius 3 is 2.33 bits per heavy atom. The Morgan fingerprint density at radius 1 is 1.44 bits per heavy atom. The highest BCUT2D eigenvalue weighted by Crippen LogP contribution is 1.91. The van der Waals surface area contributed by atoms with Gasteiger partial charge in [-0.1, -0.05) is 0 Å². The van der Waals surface area contributed by atoms with Gasteiger partial charge in [0.1, 0.15) is 0 Å². The van der Waals surface area contributed by atoms with Crippen molar-refractivity contribution in [1.29, 1.82) is 0 Å². The van der Waals surface area contributed by atoms with Crippen molar-refractivity contribution in [2.24, 2.45) is 5.73 Å². The van der Waals surface area contributed by atoms with E-state index in [1.165, 1.54) is 0 Å². The quantitative estimate of drug-likeness (QED) is 0.365. The fourth-order valence-corrected chi connectivity index (χ4v) is 0.947. The Balaban J connectivity index is 2.23. The van der Waals surface area contributed by atoms with Crippen molar-refractivity contribution in [2.45, 2.75) is 6.35 Å². The first-order valence-electron chi connectivity index (χ1n) is 3.19. The van der Waals surface area contributed by atoms with Gasteiger partial charge in [-0.15, -0.1) is 0 Å². The van der Waals surface area contributed by atoms with Crippen LogP contribution in [0.4, 0.5) is 0 Å². The van der Waals surface area contributed by atoms with Crippen molar-refractivity contribution >= 4 is 0 Å². The molecule has 4 heteroatoms. The average molecular weight is 131 g/mol. The molecule has 1 rings (SSSR count). The fraction of sp³-hybridized carbons (Fsp3) is 1.00. The Bertz CT molecular complexity index is 80.3. The second-order valence-corrected chi connectivity index (χ2v) is 2.20. The zero-order chi connectivity index (χ0) is 6.69. The first-order valence-corrected chi connectivity index (χ1v) is 3.19. The van der Waals surface area contributed by atoms with E-state index in [0.717, 1.165) is 26.2 Å². The molecule has 0 aromatic heterocycles. The molecule has 1 saturated heterocycles. The van der Waals surface area contributed by atoms with Gasteiger partial charge in [-0.2, -0.15) is 0 Å². The summed E-state index contributed by atoms with van der Waals surface area (Å²) in [4.78, 5) is 1.83.